The van der Waals surface area contributed by atoms with Crippen LogP contribution in [0.3, 0.4) is 0 Å². The van der Waals surface area contributed by atoms with Gasteiger partial charge in [-0.1, -0.05) is 29.8 Å². The van der Waals surface area contributed by atoms with Crippen LogP contribution in [0.1, 0.15) is 18.6 Å². The van der Waals surface area contributed by atoms with Crippen molar-refractivity contribution in [3.05, 3.63) is 59.1 Å². The fourth-order valence-corrected chi connectivity index (χ4v) is 2.34. The Balaban J connectivity index is 2.26. The third-order valence-corrected chi connectivity index (χ3v) is 3.49. The topological polar surface area (TPSA) is 38.5 Å². The van der Waals surface area contributed by atoms with Crippen molar-refractivity contribution in [3.8, 4) is 5.75 Å². The summed E-state index contributed by atoms with van der Waals surface area (Å²) < 4.78 is 6.10. The molecule has 2 rings (SSSR count). The lowest BCUT2D eigenvalue weighted by Gasteiger charge is -2.24. The molecule has 0 saturated heterocycles. The normalized spacial score (nSPS) is 13.6. The molecule has 4 heteroatoms. The van der Waals surface area contributed by atoms with E-state index in [9.17, 15) is 0 Å². The summed E-state index contributed by atoms with van der Waals surface area (Å²) in [6.45, 7) is 1.93. The fourth-order valence-electron chi connectivity index (χ4n) is 2.14. The zero-order chi connectivity index (χ0) is 15.4. The van der Waals surface area contributed by atoms with Gasteiger partial charge >= 0.3 is 0 Å². The fraction of sp³-hybridized carbons (Fsp3) is 0.294. The molecule has 2 N–H and O–H groups in total. The van der Waals surface area contributed by atoms with E-state index in [0.29, 0.717) is 5.02 Å². The van der Waals surface area contributed by atoms with E-state index < -0.39 is 0 Å². The summed E-state index contributed by atoms with van der Waals surface area (Å²) in [4.78, 5) is 2.03. The average molecular weight is 305 g/mol. The maximum atomic E-state index is 6.10. The molecule has 0 aliphatic rings. The average Bonchev–Trinajstić information content (AvgIpc) is 2.44. The summed E-state index contributed by atoms with van der Waals surface area (Å²) in [5, 5.41) is 0.684. The number of benzene rings is 2. The molecule has 0 heterocycles. The highest BCUT2D eigenvalue weighted by Crippen LogP contribution is 2.28. The van der Waals surface area contributed by atoms with Gasteiger partial charge in [0.15, 0.2) is 0 Å². The number of halogens is 1. The number of hydrogen-bond acceptors (Lipinski definition) is 3. The van der Waals surface area contributed by atoms with Crippen LogP contribution in [0.25, 0.3) is 0 Å². The molecule has 21 heavy (non-hydrogen) atoms. The minimum atomic E-state index is -0.235. The Kier molecular flexibility index (Phi) is 5.10. The van der Waals surface area contributed by atoms with Crippen LogP contribution in [0.15, 0.2) is 48.5 Å². The summed E-state index contributed by atoms with van der Waals surface area (Å²) in [7, 11) is 4.00. The van der Waals surface area contributed by atoms with Crippen LogP contribution in [-0.4, -0.2) is 20.1 Å². The third-order valence-electron chi connectivity index (χ3n) is 3.25. The molecule has 0 bridgehead atoms. The first-order valence-electron chi connectivity index (χ1n) is 6.92. The lowest BCUT2D eigenvalue weighted by Crippen LogP contribution is -2.29. The van der Waals surface area contributed by atoms with Gasteiger partial charge in [0.2, 0.25) is 0 Å². The molecule has 0 saturated carbocycles. The largest absolute Gasteiger partial charge is 0.484 e. The summed E-state index contributed by atoms with van der Waals surface area (Å²) in [6.07, 6.45) is -0.235. The Labute approximate surface area is 131 Å². The van der Waals surface area contributed by atoms with Gasteiger partial charge in [0.05, 0.1) is 0 Å². The van der Waals surface area contributed by atoms with Crippen molar-refractivity contribution in [2.75, 3.05) is 19.0 Å². The van der Waals surface area contributed by atoms with Gasteiger partial charge in [0, 0.05) is 36.9 Å². The second-order valence-electron chi connectivity index (χ2n) is 5.34. The summed E-state index contributed by atoms with van der Waals surface area (Å²) in [5.74, 6) is 0.795. The smallest absolute Gasteiger partial charge is 0.139 e. The van der Waals surface area contributed by atoms with E-state index in [2.05, 4.69) is 0 Å². The van der Waals surface area contributed by atoms with Gasteiger partial charge < -0.3 is 15.4 Å². The quantitative estimate of drug-likeness (QED) is 0.911. The van der Waals surface area contributed by atoms with Crippen LogP contribution in [0.4, 0.5) is 5.69 Å². The maximum absolute atomic E-state index is 6.10. The van der Waals surface area contributed by atoms with Crippen LogP contribution < -0.4 is 15.4 Å². The number of rotatable bonds is 5. The molecule has 112 valence electrons. The summed E-state index contributed by atoms with van der Waals surface area (Å²) in [5.41, 5.74) is 8.15. The predicted octanol–water partition coefficient (Wildman–Crippen LogP) is 3.87. The van der Waals surface area contributed by atoms with Gasteiger partial charge in [0.1, 0.15) is 11.9 Å². The molecule has 0 aromatic heterocycles. The number of ether oxygens (including phenoxy) is 1. The molecule has 0 aliphatic carbocycles. The molecule has 0 spiro atoms. The second kappa shape index (κ2) is 6.83. The number of nitrogens with two attached hydrogens (primary N) is 1. The molecule has 3 nitrogen and oxygen atoms in total. The highest BCUT2D eigenvalue weighted by molar-refractivity contribution is 6.30. The van der Waals surface area contributed by atoms with E-state index in [0.717, 1.165) is 17.0 Å². The summed E-state index contributed by atoms with van der Waals surface area (Å²) in [6, 6.07) is 15.4. The van der Waals surface area contributed by atoms with Gasteiger partial charge in [-0.05, 0) is 36.8 Å². The van der Waals surface area contributed by atoms with Crippen LogP contribution in [-0.2, 0) is 0 Å². The molecule has 2 aromatic rings. The van der Waals surface area contributed by atoms with Crippen LogP contribution in [0, 0.1) is 0 Å². The number of hydrogen-bond donors (Lipinski definition) is 1. The van der Waals surface area contributed by atoms with Gasteiger partial charge in [-0.2, -0.15) is 0 Å². The molecule has 2 atom stereocenters. The Morgan fingerprint density at radius 1 is 1.10 bits per heavy atom. The Hall–Kier alpha value is -1.71. The Morgan fingerprint density at radius 2 is 1.81 bits per heavy atom. The Bertz CT molecular complexity index is 599. The highest BCUT2D eigenvalue weighted by Gasteiger charge is 2.18. The van der Waals surface area contributed by atoms with Crippen LogP contribution >= 0.6 is 11.6 Å². The lowest BCUT2D eigenvalue weighted by molar-refractivity contribution is 0.180. The highest BCUT2D eigenvalue weighted by atomic mass is 35.5. The van der Waals surface area contributed by atoms with E-state index in [1.807, 2.05) is 74.4 Å². The van der Waals surface area contributed by atoms with Crippen molar-refractivity contribution in [3.63, 3.8) is 0 Å². The minimum Gasteiger partial charge on any atom is -0.484 e. The van der Waals surface area contributed by atoms with Crippen LogP contribution in [0.2, 0.25) is 5.02 Å². The monoisotopic (exact) mass is 304 g/mol. The van der Waals surface area contributed by atoms with E-state index in [4.69, 9.17) is 22.1 Å². The van der Waals surface area contributed by atoms with Crippen molar-refractivity contribution in [2.24, 2.45) is 5.73 Å². The first-order valence-corrected chi connectivity index (χ1v) is 7.30. The number of nitrogens with zero attached hydrogens (tertiary/aromatic N) is 1. The summed E-state index contributed by atoms with van der Waals surface area (Å²) >= 11 is 6.06. The molecule has 0 radical (unpaired) electrons. The van der Waals surface area contributed by atoms with Crippen molar-refractivity contribution in [2.45, 2.75) is 19.1 Å². The third kappa shape index (κ3) is 4.13. The molecule has 2 unspecified atom stereocenters. The first kappa shape index (κ1) is 15.7. The molecule has 0 aliphatic heterocycles. The molecule has 2 aromatic carbocycles. The van der Waals surface area contributed by atoms with E-state index in [1.54, 1.807) is 0 Å². The van der Waals surface area contributed by atoms with Gasteiger partial charge in [0.25, 0.3) is 0 Å². The lowest BCUT2D eigenvalue weighted by atomic mass is 10.0. The van der Waals surface area contributed by atoms with Gasteiger partial charge in [-0.15, -0.1) is 0 Å². The molecular formula is C17H21ClN2O. The zero-order valence-corrected chi connectivity index (χ0v) is 13.3. The minimum absolute atomic E-state index is 0.147. The standard InChI is InChI=1S/C17H21ClN2O/c1-12(19)17(13-6-4-7-14(18)10-13)21-16-9-5-8-15(11-16)20(2)3/h4-12,17H,19H2,1-3H3. The zero-order valence-electron chi connectivity index (χ0n) is 12.6. The first-order chi connectivity index (χ1) is 9.97. The molecule has 0 amide bonds. The van der Waals surface area contributed by atoms with Crippen molar-refractivity contribution >= 4 is 17.3 Å². The van der Waals surface area contributed by atoms with Crippen molar-refractivity contribution in [1.29, 1.82) is 0 Å². The number of anilines is 1. The maximum Gasteiger partial charge on any atom is 0.139 e. The van der Waals surface area contributed by atoms with Crippen molar-refractivity contribution < 1.29 is 4.74 Å². The second-order valence-corrected chi connectivity index (χ2v) is 5.78. The van der Waals surface area contributed by atoms with E-state index in [-0.39, 0.29) is 12.1 Å². The Morgan fingerprint density at radius 3 is 2.43 bits per heavy atom. The van der Waals surface area contributed by atoms with Crippen molar-refractivity contribution in [1.82, 2.24) is 0 Å². The molecule has 0 fully saturated rings. The van der Waals surface area contributed by atoms with E-state index >= 15 is 0 Å². The SMILES string of the molecule is CC(N)C(Oc1cccc(N(C)C)c1)c1cccc(Cl)c1. The molecular weight excluding hydrogens is 284 g/mol. The van der Waals surface area contributed by atoms with Gasteiger partial charge in [-0.3, -0.25) is 0 Å². The van der Waals surface area contributed by atoms with Crippen LogP contribution in [0.5, 0.6) is 5.75 Å². The predicted molar refractivity (Wildman–Crippen MR) is 89.2 cm³/mol. The van der Waals surface area contributed by atoms with Gasteiger partial charge in [-0.25, -0.2) is 0 Å². The van der Waals surface area contributed by atoms with E-state index in [1.165, 1.54) is 0 Å².